The Morgan fingerprint density at radius 3 is 2.72 bits per heavy atom. The zero-order valence-electron chi connectivity index (χ0n) is 18.1. The predicted octanol–water partition coefficient (Wildman–Crippen LogP) is -0.167. The van der Waals surface area contributed by atoms with Crippen molar-refractivity contribution in [3.63, 3.8) is 0 Å². The molecule has 1 aliphatic carbocycles. The van der Waals surface area contributed by atoms with Gasteiger partial charge in [0.05, 0.1) is 19.6 Å². The fourth-order valence-electron chi connectivity index (χ4n) is 5.19. The quantitative estimate of drug-likeness (QED) is 0.661. The topological polar surface area (TPSA) is 108 Å². The fraction of sp³-hybridized carbons (Fsp3) is 0.565. The normalized spacial score (nSPS) is 29.2. The summed E-state index contributed by atoms with van der Waals surface area (Å²) in [4.78, 5) is 54.9. The first-order valence-electron chi connectivity index (χ1n) is 11.3. The number of nitrogens with one attached hydrogen (secondary N) is 2. The fourth-order valence-corrected chi connectivity index (χ4v) is 5.19. The van der Waals surface area contributed by atoms with Gasteiger partial charge >= 0.3 is 0 Å². The molecule has 0 bridgehead atoms. The van der Waals surface area contributed by atoms with Gasteiger partial charge in [-0.2, -0.15) is 0 Å². The number of carbonyl (C=O) groups excluding carboxylic acids is 4. The molecule has 0 unspecified atom stereocenters. The zero-order chi connectivity index (χ0) is 22.4. The third-order valence-corrected chi connectivity index (χ3v) is 7.01. The van der Waals surface area contributed by atoms with Crippen LogP contribution in [0.5, 0.6) is 5.75 Å². The number of para-hydroxylation sites is 1. The van der Waals surface area contributed by atoms with Crippen molar-refractivity contribution in [3.8, 4) is 5.75 Å². The average Bonchev–Trinajstić information content (AvgIpc) is 3.44. The second kappa shape index (κ2) is 8.11. The summed E-state index contributed by atoms with van der Waals surface area (Å²) in [6.45, 7) is 0.711. The van der Waals surface area contributed by atoms with Crippen LogP contribution in [-0.4, -0.2) is 77.8 Å². The number of ether oxygens (including phenoxy) is 1. The van der Waals surface area contributed by atoms with Crippen molar-refractivity contribution in [2.24, 2.45) is 5.92 Å². The number of fused-ring (bicyclic) bond motifs is 2. The third kappa shape index (κ3) is 3.69. The molecule has 5 rings (SSSR count). The van der Waals surface area contributed by atoms with E-state index >= 15 is 0 Å². The first-order chi connectivity index (χ1) is 15.5. The number of nitrogens with zero attached hydrogens (tertiary/aromatic N) is 2. The van der Waals surface area contributed by atoms with Crippen molar-refractivity contribution < 1.29 is 23.9 Å². The summed E-state index contributed by atoms with van der Waals surface area (Å²) in [7, 11) is 1.56. The zero-order valence-corrected chi connectivity index (χ0v) is 18.1. The van der Waals surface area contributed by atoms with Gasteiger partial charge in [-0.05, 0) is 31.7 Å². The van der Waals surface area contributed by atoms with Crippen molar-refractivity contribution >= 4 is 23.6 Å². The highest BCUT2D eigenvalue weighted by molar-refractivity contribution is 5.97. The predicted molar refractivity (Wildman–Crippen MR) is 114 cm³/mol. The molecule has 1 aromatic rings. The van der Waals surface area contributed by atoms with Crippen LogP contribution in [0.15, 0.2) is 24.3 Å². The van der Waals surface area contributed by atoms with E-state index in [1.165, 1.54) is 0 Å². The molecule has 0 aromatic heterocycles. The number of likely N-dealkylation sites (tertiary alicyclic amines) is 1. The van der Waals surface area contributed by atoms with Crippen LogP contribution in [0.25, 0.3) is 0 Å². The Morgan fingerprint density at radius 1 is 1.19 bits per heavy atom. The Kier molecular flexibility index (Phi) is 5.27. The lowest BCUT2D eigenvalue weighted by atomic mass is 10.1. The first-order valence-corrected chi connectivity index (χ1v) is 11.3. The molecule has 3 saturated heterocycles. The molecule has 4 atom stereocenters. The Balaban J connectivity index is 1.32. The highest BCUT2D eigenvalue weighted by Crippen LogP contribution is 2.32. The highest BCUT2D eigenvalue weighted by atomic mass is 16.5. The van der Waals surface area contributed by atoms with Crippen LogP contribution in [0.1, 0.15) is 31.2 Å². The standard InChI is InChI=1S/C23H28N4O5/c1-32-18-5-3-2-4-14(18)10-19(28)26-9-8-16-20(26)23(31)27-12-15(11-17(27)22(30)25-16)24-21(29)13-6-7-13/h2-5,13,15-17,20H,6-12H2,1H3,(H,24,29)(H,25,30)/t15-,16-,17+,20-/m0/s1. The molecule has 3 aliphatic heterocycles. The molecule has 170 valence electrons. The summed E-state index contributed by atoms with van der Waals surface area (Å²) < 4.78 is 5.35. The van der Waals surface area contributed by atoms with Crippen molar-refractivity contribution in [2.75, 3.05) is 20.2 Å². The lowest BCUT2D eigenvalue weighted by Crippen LogP contribution is -2.53. The van der Waals surface area contributed by atoms with E-state index in [2.05, 4.69) is 10.6 Å². The Labute approximate surface area is 186 Å². The van der Waals surface area contributed by atoms with Crippen molar-refractivity contribution in [1.29, 1.82) is 0 Å². The number of methoxy groups -OCH3 is 1. The van der Waals surface area contributed by atoms with E-state index < -0.39 is 12.1 Å². The molecular formula is C23H28N4O5. The van der Waals surface area contributed by atoms with Gasteiger partial charge in [0.15, 0.2) is 0 Å². The van der Waals surface area contributed by atoms with Crippen LogP contribution >= 0.6 is 0 Å². The molecule has 2 N–H and O–H groups in total. The minimum atomic E-state index is -0.718. The largest absolute Gasteiger partial charge is 0.496 e. The van der Waals surface area contributed by atoms with Gasteiger partial charge in [0, 0.05) is 30.6 Å². The minimum absolute atomic E-state index is 0.00729. The summed E-state index contributed by atoms with van der Waals surface area (Å²) in [5.41, 5.74) is 0.760. The van der Waals surface area contributed by atoms with Gasteiger partial charge in [-0.3, -0.25) is 19.2 Å². The summed E-state index contributed by atoms with van der Waals surface area (Å²) in [6, 6.07) is 5.38. The molecule has 9 heteroatoms. The Morgan fingerprint density at radius 2 is 1.97 bits per heavy atom. The lowest BCUT2D eigenvalue weighted by Gasteiger charge is -2.29. The second-order valence-corrected chi connectivity index (χ2v) is 9.15. The SMILES string of the molecule is COc1ccccc1CC(=O)N1CC[C@@H]2NC(=O)[C@H]3C[C@H](NC(=O)C4CC4)CN3C(=O)[C@H]21. The van der Waals surface area contributed by atoms with Crippen molar-refractivity contribution in [3.05, 3.63) is 29.8 Å². The maximum absolute atomic E-state index is 13.5. The number of hydrogen-bond acceptors (Lipinski definition) is 5. The number of hydrogen-bond donors (Lipinski definition) is 2. The number of carbonyl (C=O) groups is 4. The molecule has 32 heavy (non-hydrogen) atoms. The van der Waals surface area contributed by atoms with E-state index in [1.807, 2.05) is 18.2 Å². The van der Waals surface area contributed by atoms with Crippen LogP contribution in [0.4, 0.5) is 0 Å². The summed E-state index contributed by atoms with van der Waals surface area (Å²) in [5, 5.41) is 5.98. The van der Waals surface area contributed by atoms with Gasteiger partial charge in [-0.25, -0.2) is 0 Å². The van der Waals surface area contributed by atoms with Gasteiger partial charge < -0.3 is 25.2 Å². The van der Waals surface area contributed by atoms with E-state index in [-0.39, 0.29) is 48.1 Å². The maximum atomic E-state index is 13.5. The average molecular weight is 441 g/mol. The van der Waals surface area contributed by atoms with Crippen molar-refractivity contribution in [1.82, 2.24) is 20.4 Å². The maximum Gasteiger partial charge on any atom is 0.248 e. The molecule has 4 fully saturated rings. The van der Waals surface area contributed by atoms with Crippen molar-refractivity contribution in [2.45, 2.75) is 56.3 Å². The molecule has 9 nitrogen and oxygen atoms in total. The third-order valence-electron chi connectivity index (χ3n) is 7.01. The number of amides is 4. The van der Waals surface area contributed by atoms with Crippen LogP contribution in [0.2, 0.25) is 0 Å². The van der Waals surface area contributed by atoms with Crippen LogP contribution < -0.4 is 15.4 Å². The smallest absolute Gasteiger partial charge is 0.248 e. The van der Waals surface area contributed by atoms with Crippen LogP contribution in [0, 0.1) is 5.92 Å². The van der Waals surface area contributed by atoms with Crippen LogP contribution in [0.3, 0.4) is 0 Å². The Bertz CT molecular complexity index is 961. The summed E-state index contributed by atoms with van der Waals surface area (Å²) in [6.07, 6.45) is 2.88. The van der Waals surface area contributed by atoms with Gasteiger partial charge in [0.25, 0.3) is 0 Å². The highest BCUT2D eigenvalue weighted by Gasteiger charge is 2.52. The first kappa shape index (κ1) is 20.8. The molecule has 1 aromatic carbocycles. The summed E-state index contributed by atoms with van der Waals surface area (Å²) in [5.74, 6) is 0.127. The minimum Gasteiger partial charge on any atom is -0.496 e. The lowest BCUT2D eigenvalue weighted by molar-refractivity contribution is -0.144. The molecular weight excluding hydrogens is 412 g/mol. The Hall–Kier alpha value is -3.10. The number of benzene rings is 1. The second-order valence-electron chi connectivity index (χ2n) is 9.15. The van der Waals surface area contributed by atoms with E-state index in [1.54, 1.807) is 23.0 Å². The monoisotopic (exact) mass is 440 g/mol. The van der Waals surface area contributed by atoms with Crippen LogP contribution in [-0.2, 0) is 25.6 Å². The number of rotatable bonds is 5. The van der Waals surface area contributed by atoms with E-state index in [0.717, 1.165) is 18.4 Å². The molecule has 4 aliphatic rings. The summed E-state index contributed by atoms with van der Waals surface area (Å²) >= 11 is 0. The van der Waals surface area contributed by atoms with Gasteiger partial charge in [-0.15, -0.1) is 0 Å². The van der Waals surface area contributed by atoms with Gasteiger partial charge in [0.2, 0.25) is 23.6 Å². The van der Waals surface area contributed by atoms with Gasteiger partial charge in [-0.1, -0.05) is 18.2 Å². The molecule has 0 radical (unpaired) electrons. The van der Waals surface area contributed by atoms with E-state index in [9.17, 15) is 19.2 Å². The molecule has 0 spiro atoms. The van der Waals surface area contributed by atoms with Gasteiger partial charge in [0.1, 0.15) is 17.8 Å². The molecule has 3 heterocycles. The van der Waals surface area contributed by atoms with E-state index in [0.29, 0.717) is 31.7 Å². The molecule has 1 saturated carbocycles. The van der Waals surface area contributed by atoms with E-state index in [4.69, 9.17) is 4.74 Å². The molecule has 4 amide bonds.